The molecule has 0 atom stereocenters. The van der Waals surface area contributed by atoms with Crippen molar-refractivity contribution in [2.45, 2.75) is 0 Å². The van der Waals surface area contributed by atoms with Crippen molar-refractivity contribution >= 4 is 21.9 Å². The van der Waals surface area contributed by atoms with E-state index < -0.39 is 101 Å². The minimum absolute atomic E-state index is 0.000383. The minimum atomic E-state index is -0.656. The Morgan fingerprint density at radius 2 is 0.946 bits per heavy atom. The highest BCUT2D eigenvalue weighted by atomic mass is 16.3. The quantitative estimate of drug-likeness (QED) is 0.248. The molecule has 0 fully saturated rings. The molecule has 5 aromatic carbocycles. The van der Waals surface area contributed by atoms with Crippen molar-refractivity contribution in [3.63, 3.8) is 0 Å². The first-order valence-corrected chi connectivity index (χ1v) is 11.0. The van der Waals surface area contributed by atoms with Gasteiger partial charge in [-0.1, -0.05) is 96.7 Å². The molecule has 4 nitrogen and oxygen atoms in total. The fraction of sp³-hybridized carbons (Fsp3) is 0. The lowest BCUT2D eigenvalue weighted by Crippen LogP contribution is -2.00. The third-order valence-corrected chi connectivity index (χ3v) is 5.60. The topological polar surface area (TPSA) is 51.8 Å². The molecule has 0 spiro atoms. The molecule has 7 aromatic rings. The second-order valence-corrected chi connectivity index (χ2v) is 7.83. The van der Waals surface area contributed by atoms with Crippen LogP contribution in [-0.2, 0) is 0 Å². The molecule has 37 heavy (non-hydrogen) atoms. The zero-order valence-corrected chi connectivity index (χ0v) is 18.7. The number of rotatable bonds is 4. The van der Waals surface area contributed by atoms with Gasteiger partial charge in [0.05, 0.1) is 20.6 Å². The van der Waals surface area contributed by atoms with E-state index in [4.69, 9.17) is 25.0 Å². The Morgan fingerprint density at radius 1 is 0.432 bits per heavy atom. The maximum atomic E-state index is 8.52. The Kier molecular flexibility index (Phi) is 2.60. The van der Waals surface area contributed by atoms with Gasteiger partial charge in [0.15, 0.2) is 17.5 Å². The number of hydrogen-bond donors (Lipinski definition) is 0. The first-order valence-electron chi connectivity index (χ1n) is 18.5. The molecular formula is C33H21N3O. The second kappa shape index (κ2) is 8.85. The van der Waals surface area contributed by atoms with Crippen LogP contribution in [-0.4, -0.2) is 15.0 Å². The summed E-state index contributed by atoms with van der Waals surface area (Å²) in [5.41, 5.74) is 0.563. The van der Waals surface area contributed by atoms with Crippen LogP contribution in [0.1, 0.15) is 20.6 Å². The molecule has 0 aliphatic carbocycles. The highest BCUT2D eigenvalue weighted by molar-refractivity contribution is 6.07. The van der Waals surface area contributed by atoms with Crippen LogP contribution in [0.3, 0.4) is 0 Å². The molecule has 2 aromatic heterocycles. The molecule has 0 amide bonds. The predicted molar refractivity (Wildman–Crippen MR) is 149 cm³/mol. The SMILES string of the molecule is [2H]c1c([2H])c([2H])c(-c2ccc3c(c2)oc2ccc(-c4nc(-c5c([2H])c([2H])c([2H])c([2H])c5[2H])nc(-c5c([2H])c([2H])c([2H])c([2H])c5[2H])n4)cc23)c([2H])c1[2H]. The molecule has 0 saturated heterocycles. The average molecular weight is 491 g/mol. The van der Waals surface area contributed by atoms with E-state index >= 15 is 0 Å². The van der Waals surface area contributed by atoms with Gasteiger partial charge >= 0.3 is 0 Å². The van der Waals surface area contributed by atoms with Crippen molar-refractivity contribution in [2.75, 3.05) is 0 Å². The van der Waals surface area contributed by atoms with Gasteiger partial charge in [0.25, 0.3) is 0 Å². The Bertz CT molecular complexity index is 2540. The standard InChI is InChI=1S/C33H21N3O/c1-4-10-22(11-5-1)25-16-18-27-28-20-26(17-19-29(28)37-30(27)21-25)33-35-31(23-12-6-2-7-13-23)34-32(36-33)24-14-8-3-9-15-24/h1-21H/i1D,2D,3D,4D,5D,6D,7D,8D,9D,10D,11D,12D,13D,14D,15D. The summed E-state index contributed by atoms with van der Waals surface area (Å²) in [6, 6.07) is 0.966. The molecule has 2 heterocycles. The molecule has 0 N–H and O–H groups in total. The third kappa shape index (κ3) is 3.95. The molecule has 0 aliphatic rings. The summed E-state index contributed by atoms with van der Waals surface area (Å²) in [5, 5.41) is 1.10. The number of benzene rings is 5. The molecule has 0 saturated carbocycles. The highest BCUT2D eigenvalue weighted by Crippen LogP contribution is 2.35. The average Bonchev–Trinajstić information content (AvgIpc) is 3.50. The van der Waals surface area contributed by atoms with Crippen molar-refractivity contribution in [3.05, 3.63) is 127 Å². The van der Waals surface area contributed by atoms with Gasteiger partial charge in [-0.2, -0.15) is 0 Å². The van der Waals surface area contributed by atoms with Gasteiger partial charge < -0.3 is 4.42 Å². The molecular weight excluding hydrogens is 454 g/mol. The number of hydrogen-bond acceptors (Lipinski definition) is 4. The summed E-state index contributed by atoms with van der Waals surface area (Å²) in [6.07, 6.45) is 0. The van der Waals surface area contributed by atoms with Gasteiger partial charge in [0.1, 0.15) is 11.2 Å². The zero-order valence-electron chi connectivity index (χ0n) is 33.7. The predicted octanol–water partition coefficient (Wildman–Crippen LogP) is 8.44. The summed E-state index contributed by atoms with van der Waals surface area (Å²) in [6.45, 7) is 0. The first-order chi connectivity index (χ1) is 24.5. The van der Waals surface area contributed by atoms with Crippen molar-refractivity contribution in [1.82, 2.24) is 15.0 Å². The highest BCUT2D eigenvalue weighted by Gasteiger charge is 2.15. The van der Waals surface area contributed by atoms with Crippen molar-refractivity contribution < 1.29 is 25.0 Å². The van der Waals surface area contributed by atoms with Crippen LogP contribution in [0.15, 0.2) is 131 Å². The lowest BCUT2D eigenvalue weighted by molar-refractivity contribution is 0.669. The molecule has 0 bridgehead atoms. The second-order valence-electron chi connectivity index (χ2n) is 7.83. The van der Waals surface area contributed by atoms with Gasteiger partial charge in [-0.25, -0.2) is 15.0 Å². The third-order valence-electron chi connectivity index (χ3n) is 5.60. The van der Waals surface area contributed by atoms with E-state index in [9.17, 15) is 0 Å². The van der Waals surface area contributed by atoms with Gasteiger partial charge in [-0.15, -0.1) is 0 Å². The van der Waals surface area contributed by atoms with E-state index in [1.807, 2.05) is 0 Å². The van der Waals surface area contributed by atoms with E-state index in [-0.39, 0.29) is 23.5 Å². The maximum absolute atomic E-state index is 8.52. The normalized spacial score (nSPS) is 16.9. The van der Waals surface area contributed by atoms with E-state index in [0.717, 1.165) is 0 Å². The number of nitrogens with zero attached hydrogens (tertiary/aromatic N) is 3. The van der Waals surface area contributed by atoms with Crippen LogP contribution in [0, 0.1) is 0 Å². The smallest absolute Gasteiger partial charge is 0.164 e. The Balaban J connectivity index is 1.47. The van der Waals surface area contributed by atoms with Crippen LogP contribution in [0.2, 0.25) is 0 Å². The van der Waals surface area contributed by atoms with Crippen molar-refractivity contribution in [2.24, 2.45) is 0 Å². The molecule has 0 radical (unpaired) electrons. The summed E-state index contributed by atoms with van der Waals surface area (Å²) < 4.78 is 130. The van der Waals surface area contributed by atoms with E-state index in [1.165, 1.54) is 0 Å². The van der Waals surface area contributed by atoms with Gasteiger partial charge in [0, 0.05) is 27.5 Å². The number of aromatic nitrogens is 3. The van der Waals surface area contributed by atoms with Crippen molar-refractivity contribution in [1.29, 1.82) is 0 Å². The Hall–Kier alpha value is -5.09. The summed E-state index contributed by atoms with van der Waals surface area (Å²) in [7, 11) is 0. The molecule has 0 unspecified atom stereocenters. The summed E-state index contributed by atoms with van der Waals surface area (Å²) in [4.78, 5) is 13.2. The fourth-order valence-electron chi connectivity index (χ4n) is 3.92. The lowest BCUT2D eigenvalue weighted by atomic mass is 10.0. The Labute approximate surface area is 235 Å². The van der Waals surface area contributed by atoms with Crippen LogP contribution in [0.25, 0.3) is 67.2 Å². The summed E-state index contributed by atoms with van der Waals surface area (Å²) >= 11 is 0. The minimum Gasteiger partial charge on any atom is -0.456 e. The number of furan rings is 1. The van der Waals surface area contributed by atoms with E-state index in [0.29, 0.717) is 33.1 Å². The first kappa shape index (κ1) is 10.9. The van der Waals surface area contributed by atoms with E-state index in [1.54, 1.807) is 36.4 Å². The monoisotopic (exact) mass is 490 g/mol. The zero-order chi connectivity index (χ0) is 37.7. The lowest BCUT2D eigenvalue weighted by Gasteiger charge is -2.08. The van der Waals surface area contributed by atoms with Crippen LogP contribution < -0.4 is 0 Å². The Morgan fingerprint density at radius 3 is 1.54 bits per heavy atom. The molecule has 0 aliphatic heterocycles. The van der Waals surface area contributed by atoms with Crippen LogP contribution >= 0.6 is 0 Å². The summed E-state index contributed by atoms with van der Waals surface area (Å²) in [5.74, 6) is -0.918. The number of fused-ring (bicyclic) bond motifs is 3. The molecule has 174 valence electrons. The maximum Gasteiger partial charge on any atom is 0.164 e. The van der Waals surface area contributed by atoms with Gasteiger partial charge in [0.2, 0.25) is 0 Å². The van der Waals surface area contributed by atoms with Crippen LogP contribution in [0.4, 0.5) is 0 Å². The fourth-order valence-corrected chi connectivity index (χ4v) is 3.92. The van der Waals surface area contributed by atoms with Gasteiger partial charge in [-0.05, 0) is 41.5 Å². The van der Waals surface area contributed by atoms with Crippen LogP contribution in [0.5, 0.6) is 0 Å². The molecule has 4 heteroatoms. The van der Waals surface area contributed by atoms with Gasteiger partial charge in [-0.3, -0.25) is 0 Å². The van der Waals surface area contributed by atoms with Crippen molar-refractivity contribution in [3.8, 4) is 45.3 Å². The van der Waals surface area contributed by atoms with E-state index in [2.05, 4.69) is 15.0 Å². The largest absolute Gasteiger partial charge is 0.456 e. The molecule has 7 rings (SSSR count).